The Bertz CT molecular complexity index is 365. The first-order valence-corrected chi connectivity index (χ1v) is 5.81. The molecule has 1 fully saturated rings. The molecular formula is C13H18O3. The normalized spacial score (nSPS) is 34.1. The van der Waals surface area contributed by atoms with E-state index >= 15 is 0 Å². The summed E-state index contributed by atoms with van der Waals surface area (Å²) in [5.41, 5.74) is 1.04. The largest absolute Gasteiger partial charge is 0.430 e. The van der Waals surface area contributed by atoms with E-state index < -0.39 is 6.10 Å². The average Bonchev–Trinajstić information content (AvgIpc) is 2.15. The van der Waals surface area contributed by atoms with E-state index in [4.69, 9.17) is 4.74 Å². The molecule has 3 atom stereocenters. The van der Waals surface area contributed by atoms with Gasteiger partial charge in [-0.05, 0) is 17.4 Å². The van der Waals surface area contributed by atoms with E-state index in [1.165, 1.54) is 0 Å². The molecule has 3 heteroatoms. The second-order valence-electron chi connectivity index (χ2n) is 4.96. The molecule has 1 aliphatic carbocycles. The van der Waals surface area contributed by atoms with E-state index in [2.05, 4.69) is 19.9 Å². The standard InChI is InChI=1S/C13H18O3/c1-7(2)9-5-4-8(3)12-10(14)6-11(15)16-13(9)12/h4-5,7-8,10,12,14H,6H2,1-3H3. The maximum absolute atomic E-state index is 11.4. The number of allylic oxidation sites excluding steroid dienone is 3. The first-order valence-electron chi connectivity index (χ1n) is 5.81. The van der Waals surface area contributed by atoms with Gasteiger partial charge in [-0.25, -0.2) is 0 Å². The highest BCUT2D eigenvalue weighted by atomic mass is 16.5. The van der Waals surface area contributed by atoms with Crippen molar-refractivity contribution < 1.29 is 14.6 Å². The summed E-state index contributed by atoms with van der Waals surface area (Å²) in [6.45, 7) is 6.17. The fourth-order valence-corrected chi connectivity index (χ4v) is 2.48. The monoisotopic (exact) mass is 222 g/mol. The van der Waals surface area contributed by atoms with Gasteiger partial charge in [-0.15, -0.1) is 0 Å². The predicted molar refractivity (Wildman–Crippen MR) is 60.4 cm³/mol. The number of carbonyl (C=O) groups excluding carboxylic acids is 1. The van der Waals surface area contributed by atoms with Crippen LogP contribution in [0, 0.1) is 17.8 Å². The molecule has 0 amide bonds. The smallest absolute Gasteiger partial charge is 0.313 e. The zero-order valence-corrected chi connectivity index (χ0v) is 9.93. The quantitative estimate of drug-likeness (QED) is 0.690. The minimum atomic E-state index is -0.607. The third kappa shape index (κ3) is 1.80. The molecule has 88 valence electrons. The number of fused-ring (bicyclic) bond motifs is 1. The molecule has 1 saturated heterocycles. The highest BCUT2D eigenvalue weighted by Gasteiger charge is 2.39. The van der Waals surface area contributed by atoms with E-state index in [0.717, 1.165) is 5.57 Å². The Hall–Kier alpha value is -1.09. The van der Waals surface area contributed by atoms with Gasteiger partial charge >= 0.3 is 5.97 Å². The molecule has 3 nitrogen and oxygen atoms in total. The van der Waals surface area contributed by atoms with Crippen LogP contribution >= 0.6 is 0 Å². The van der Waals surface area contributed by atoms with Crippen molar-refractivity contribution in [1.29, 1.82) is 0 Å². The van der Waals surface area contributed by atoms with Crippen LogP contribution in [0.2, 0.25) is 0 Å². The van der Waals surface area contributed by atoms with Crippen LogP contribution < -0.4 is 0 Å². The zero-order chi connectivity index (χ0) is 11.9. The minimum absolute atomic E-state index is 0.0555. The van der Waals surface area contributed by atoms with Gasteiger partial charge in [-0.2, -0.15) is 0 Å². The van der Waals surface area contributed by atoms with Crippen LogP contribution in [-0.4, -0.2) is 17.2 Å². The lowest BCUT2D eigenvalue weighted by atomic mass is 9.77. The van der Waals surface area contributed by atoms with Crippen molar-refractivity contribution in [1.82, 2.24) is 0 Å². The lowest BCUT2D eigenvalue weighted by Gasteiger charge is -2.36. The van der Waals surface area contributed by atoms with Crippen LogP contribution in [-0.2, 0) is 9.53 Å². The van der Waals surface area contributed by atoms with Crippen LogP contribution in [0.4, 0.5) is 0 Å². The predicted octanol–water partition coefficient (Wildman–Crippen LogP) is 2.03. The molecule has 0 aromatic heterocycles. The molecule has 2 aliphatic rings. The molecule has 0 spiro atoms. The van der Waals surface area contributed by atoms with Crippen molar-refractivity contribution in [3.8, 4) is 0 Å². The third-order valence-corrected chi connectivity index (χ3v) is 3.37. The number of hydrogen-bond donors (Lipinski definition) is 1. The van der Waals surface area contributed by atoms with E-state index in [0.29, 0.717) is 11.7 Å². The second kappa shape index (κ2) is 4.06. The first kappa shape index (κ1) is 11.4. The van der Waals surface area contributed by atoms with Crippen molar-refractivity contribution in [3.63, 3.8) is 0 Å². The molecule has 0 aromatic rings. The summed E-state index contributed by atoms with van der Waals surface area (Å²) in [4.78, 5) is 11.4. The topological polar surface area (TPSA) is 46.5 Å². The van der Waals surface area contributed by atoms with Gasteiger partial charge in [0.2, 0.25) is 0 Å². The molecule has 0 bridgehead atoms. The molecule has 0 radical (unpaired) electrons. The summed E-state index contributed by atoms with van der Waals surface area (Å²) in [7, 11) is 0. The summed E-state index contributed by atoms with van der Waals surface area (Å²) in [6, 6.07) is 0. The van der Waals surface area contributed by atoms with E-state index in [1.807, 2.05) is 13.0 Å². The number of carbonyl (C=O) groups is 1. The van der Waals surface area contributed by atoms with Crippen molar-refractivity contribution in [2.24, 2.45) is 17.8 Å². The molecule has 2 rings (SSSR count). The SMILES string of the molecule is CC(C)C1=C2OC(=O)CC(O)C2C(C)C=C1. The van der Waals surface area contributed by atoms with E-state index in [9.17, 15) is 9.90 Å². The summed E-state index contributed by atoms with van der Waals surface area (Å²) < 4.78 is 5.33. The van der Waals surface area contributed by atoms with Crippen molar-refractivity contribution in [3.05, 3.63) is 23.5 Å². The zero-order valence-electron chi connectivity index (χ0n) is 9.93. The number of aliphatic hydroxyl groups is 1. The lowest BCUT2D eigenvalue weighted by molar-refractivity contribution is -0.150. The Kier molecular flexibility index (Phi) is 2.89. The Labute approximate surface area is 95.8 Å². The van der Waals surface area contributed by atoms with Crippen LogP contribution in [0.5, 0.6) is 0 Å². The van der Waals surface area contributed by atoms with Gasteiger partial charge < -0.3 is 9.84 Å². The van der Waals surface area contributed by atoms with Gasteiger partial charge in [0.25, 0.3) is 0 Å². The molecule has 16 heavy (non-hydrogen) atoms. The molecule has 0 saturated carbocycles. The van der Waals surface area contributed by atoms with Crippen LogP contribution in [0.3, 0.4) is 0 Å². The van der Waals surface area contributed by atoms with Crippen molar-refractivity contribution in [2.75, 3.05) is 0 Å². The molecular weight excluding hydrogens is 204 g/mol. The number of hydrogen-bond acceptors (Lipinski definition) is 3. The Morgan fingerprint density at radius 2 is 2.19 bits per heavy atom. The lowest BCUT2D eigenvalue weighted by Crippen LogP contribution is -2.38. The Morgan fingerprint density at radius 3 is 2.81 bits per heavy atom. The number of rotatable bonds is 1. The maximum atomic E-state index is 11.4. The van der Waals surface area contributed by atoms with Gasteiger partial charge in [0.1, 0.15) is 5.76 Å². The summed E-state index contributed by atoms with van der Waals surface area (Å²) in [6.07, 6.45) is 3.61. The summed E-state index contributed by atoms with van der Waals surface area (Å²) >= 11 is 0. The highest BCUT2D eigenvalue weighted by Crippen LogP contribution is 2.39. The first-order chi connectivity index (χ1) is 7.50. The van der Waals surface area contributed by atoms with Crippen molar-refractivity contribution in [2.45, 2.75) is 33.3 Å². The second-order valence-corrected chi connectivity index (χ2v) is 4.96. The molecule has 0 aromatic carbocycles. The van der Waals surface area contributed by atoms with E-state index in [-0.39, 0.29) is 24.2 Å². The Morgan fingerprint density at radius 1 is 1.50 bits per heavy atom. The molecule has 1 aliphatic heterocycles. The van der Waals surface area contributed by atoms with Gasteiger partial charge in [-0.3, -0.25) is 4.79 Å². The maximum Gasteiger partial charge on any atom is 0.313 e. The van der Waals surface area contributed by atoms with Crippen LogP contribution in [0.15, 0.2) is 23.5 Å². The van der Waals surface area contributed by atoms with Gasteiger partial charge in [0.15, 0.2) is 0 Å². The molecule has 1 N–H and O–H groups in total. The van der Waals surface area contributed by atoms with Gasteiger partial charge in [0, 0.05) is 0 Å². The number of aliphatic hydroxyl groups excluding tert-OH is 1. The molecule has 1 heterocycles. The average molecular weight is 222 g/mol. The number of ether oxygens (including phenoxy) is 1. The number of esters is 1. The fraction of sp³-hybridized carbons (Fsp3) is 0.615. The fourth-order valence-electron chi connectivity index (χ4n) is 2.48. The van der Waals surface area contributed by atoms with E-state index in [1.54, 1.807) is 0 Å². The van der Waals surface area contributed by atoms with Crippen LogP contribution in [0.1, 0.15) is 27.2 Å². The third-order valence-electron chi connectivity index (χ3n) is 3.37. The Balaban J connectivity index is 2.43. The summed E-state index contributed by atoms with van der Waals surface area (Å²) in [5.74, 6) is 0.841. The van der Waals surface area contributed by atoms with Gasteiger partial charge in [0.05, 0.1) is 18.4 Å². The van der Waals surface area contributed by atoms with Crippen molar-refractivity contribution >= 4 is 5.97 Å². The molecule has 3 unspecified atom stereocenters. The van der Waals surface area contributed by atoms with Crippen LogP contribution in [0.25, 0.3) is 0 Å². The van der Waals surface area contributed by atoms with Gasteiger partial charge in [-0.1, -0.05) is 32.9 Å². The minimum Gasteiger partial charge on any atom is -0.430 e. The highest BCUT2D eigenvalue weighted by molar-refractivity contribution is 5.73. The summed E-state index contributed by atoms with van der Waals surface area (Å²) in [5, 5.41) is 9.98.